The predicted octanol–water partition coefficient (Wildman–Crippen LogP) is 3.30. The minimum atomic E-state index is 0.938. The molecular formula is C14H15N3S. The van der Waals surface area contributed by atoms with Gasteiger partial charge in [0.05, 0.1) is 11.0 Å². The van der Waals surface area contributed by atoms with Crippen LogP contribution in [0.3, 0.4) is 0 Å². The van der Waals surface area contributed by atoms with E-state index in [0.717, 1.165) is 29.9 Å². The van der Waals surface area contributed by atoms with Crippen molar-refractivity contribution in [2.45, 2.75) is 6.42 Å². The maximum Gasteiger partial charge on any atom is 0.203 e. The smallest absolute Gasteiger partial charge is 0.203 e. The molecule has 0 atom stereocenters. The molecule has 1 aromatic carbocycles. The lowest BCUT2D eigenvalue weighted by molar-refractivity contribution is 0.859. The Morgan fingerprint density at radius 1 is 1.22 bits per heavy atom. The lowest BCUT2D eigenvalue weighted by Crippen LogP contribution is -2.21. The van der Waals surface area contributed by atoms with Gasteiger partial charge >= 0.3 is 0 Å². The van der Waals surface area contributed by atoms with E-state index in [-0.39, 0.29) is 0 Å². The van der Waals surface area contributed by atoms with E-state index in [1.54, 1.807) is 0 Å². The third-order valence-electron chi connectivity index (χ3n) is 3.01. The Labute approximate surface area is 110 Å². The molecule has 3 aromatic rings. The number of anilines is 1. The number of imidazole rings is 1. The Bertz CT molecular complexity index is 594. The topological polar surface area (TPSA) is 31.9 Å². The monoisotopic (exact) mass is 257 g/mol. The van der Waals surface area contributed by atoms with Crippen LogP contribution in [0.5, 0.6) is 0 Å². The number of nitrogens with zero attached hydrogens (tertiary/aromatic N) is 2. The van der Waals surface area contributed by atoms with Gasteiger partial charge in [-0.15, -0.1) is 11.3 Å². The van der Waals surface area contributed by atoms with Gasteiger partial charge in [0.25, 0.3) is 0 Å². The fourth-order valence-electron chi connectivity index (χ4n) is 1.96. The SMILES string of the molecule is CN(CCc1cccs1)c1nc2ccccc2[nH]1. The molecule has 0 radical (unpaired) electrons. The number of thiophene rings is 1. The maximum atomic E-state index is 4.59. The summed E-state index contributed by atoms with van der Waals surface area (Å²) >= 11 is 1.81. The molecule has 0 unspecified atom stereocenters. The number of hydrogen-bond donors (Lipinski definition) is 1. The molecule has 92 valence electrons. The fraction of sp³-hybridized carbons (Fsp3) is 0.214. The van der Waals surface area contributed by atoms with Crippen molar-refractivity contribution in [3.8, 4) is 0 Å². The van der Waals surface area contributed by atoms with Gasteiger partial charge in [0.2, 0.25) is 5.95 Å². The summed E-state index contributed by atoms with van der Waals surface area (Å²) in [4.78, 5) is 11.5. The Balaban J connectivity index is 1.73. The van der Waals surface area contributed by atoms with Crippen LogP contribution in [0.2, 0.25) is 0 Å². The number of H-pyrrole nitrogens is 1. The van der Waals surface area contributed by atoms with E-state index in [9.17, 15) is 0 Å². The molecule has 0 aliphatic rings. The molecule has 0 aliphatic carbocycles. The maximum absolute atomic E-state index is 4.59. The van der Waals surface area contributed by atoms with Gasteiger partial charge in [-0.2, -0.15) is 0 Å². The molecule has 0 spiro atoms. The summed E-state index contributed by atoms with van der Waals surface area (Å²) in [6.07, 6.45) is 1.06. The summed E-state index contributed by atoms with van der Waals surface area (Å²) in [6.45, 7) is 0.973. The molecule has 3 nitrogen and oxygen atoms in total. The molecule has 0 amide bonds. The second-order valence-corrected chi connectivity index (χ2v) is 5.36. The van der Waals surface area contributed by atoms with Crippen molar-refractivity contribution in [2.75, 3.05) is 18.5 Å². The lowest BCUT2D eigenvalue weighted by atomic mass is 10.3. The Morgan fingerprint density at radius 3 is 2.89 bits per heavy atom. The zero-order valence-electron chi connectivity index (χ0n) is 10.3. The molecule has 2 aromatic heterocycles. The van der Waals surface area contributed by atoms with Crippen molar-refractivity contribution in [1.82, 2.24) is 9.97 Å². The average Bonchev–Trinajstić information content (AvgIpc) is 3.04. The predicted molar refractivity (Wildman–Crippen MR) is 77.4 cm³/mol. The van der Waals surface area contributed by atoms with E-state index in [1.807, 2.05) is 29.5 Å². The van der Waals surface area contributed by atoms with Gasteiger partial charge in [-0.05, 0) is 30.0 Å². The summed E-state index contributed by atoms with van der Waals surface area (Å²) in [5.74, 6) is 0.938. The van der Waals surface area contributed by atoms with Crippen LogP contribution in [-0.2, 0) is 6.42 Å². The number of aromatic amines is 1. The normalized spacial score (nSPS) is 10.9. The first-order chi connectivity index (χ1) is 8.83. The van der Waals surface area contributed by atoms with E-state index in [4.69, 9.17) is 0 Å². The molecule has 0 aliphatic heterocycles. The molecule has 0 saturated carbocycles. The fourth-order valence-corrected chi connectivity index (χ4v) is 2.66. The van der Waals surface area contributed by atoms with Gasteiger partial charge in [-0.25, -0.2) is 4.98 Å². The molecule has 1 N–H and O–H groups in total. The first-order valence-electron chi connectivity index (χ1n) is 6.01. The van der Waals surface area contributed by atoms with Crippen molar-refractivity contribution < 1.29 is 0 Å². The van der Waals surface area contributed by atoms with Gasteiger partial charge in [0.15, 0.2) is 0 Å². The van der Waals surface area contributed by atoms with Crippen molar-refractivity contribution >= 4 is 28.3 Å². The largest absolute Gasteiger partial charge is 0.345 e. The van der Waals surface area contributed by atoms with E-state index in [2.05, 4.69) is 45.5 Å². The number of likely N-dealkylation sites (N-methyl/N-ethyl adjacent to an activating group) is 1. The van der Waals surface area contributed by atoms with E-state index in [0.29, 0.717) is 0 Å². The lowest BCUT2D eigenvalue weighted by Gasteiger charge is -2.14. The summed E-state index contributed by atoms with van der Waals surface area (Å²) in [5.41, 5.74) is 2.12. The molecular weight excluding hydrogens is 242 g/mol. The van der Waals surface area contributed by atoms with Gasteiger partial charge in [-0.1, -0.05) is 18.2 Å². The first-order valence-corrected chi connectivity index (χ1v) is 6.89. The highest BCUT2D eigenvalue weighted by Crippen LogP contribution is 2.17. The average molecular weight is 257 g/mol. The molecule has 4 heteroatoms. The van der Waals surface area contributed by atoms with Crippen LogP contribution in [0.1, 0.15) is 4.88 Å². The van der Waals surface area contributed by atoms with Crippen LogP contribution < -0.4 is 4.90 Å². The van der Waals surface area contributed by atoms with Gasteiger partial charge in [-0.3, -0.25) is 0 Å². The third kappa shape index (κ3) is 2.24. The minimum Gasteiger partial charge on any atom is -0.345 e. The van der Waals surface area contributed by atoms with Crippen LogP contribution in [-0.4, -0.2) is 23.6 Å². The molecule has 0 saturated heterocycles. The molecule has 3 rings (SSSR count). The van der Waals surface area contributed by atoms with Gasteiger partial charge in [0, 0.05) is 18.5 Å². The second kappa shape index (κ2) is 4.82. The van der Waals surface area contributed by atoms with Crippen LogP contribution >= 0.6 is 11.3 Å². The number of fused-ring (bicyclic) bond motifs is 1. The minimum absolute atomic E-state index is 0.938. The van der Waals surface area contributed by atoms with Crippen molar-refractivity contribution in [3.05, 3.63) is 46.7 Å². The van der Waals surface area contributed by atoms with Crippen LogP contribution in [0, 0.1) is 0 Å². The van der Waals surface area contributed by atoms with E-state index < -0.39 is 0 Å². The number of aromatic nitrogens is 2. The summed E-state index contributed by atoms with van der Waals surface area (Å²) in [5, 5.41) is 2.12. The van der Waals surface area contributed by atoms with Crippen LogP contribution in [0.25, 0.3) is 11.0 Å². The number of benzene rings is 1. The Hall–Kier alpha value is -1.81. The second-order valence-electron chi connectivity index (χ2n) is 4.33. The number of hydrogen-bond acceptors (Lipinski definition) is 3. The quantitative estimate of drug-likeness (QED) is 0.777. The van der Waals surface area contributed by atoms with E-state index in [1.165, 1.54) is 4.88 Å². The Kier molecular flexibility index (Phi) is 3.02. The summed E-state index contributed by atoms with van der Waals surface area (Å²) in [7, 11) is 2.07. The van der Waals surface area contributed by atoms with Crippen molar-refractivity contribution in [2.24, 2.45) is 0 Å². The zero-order valence-corrected chi connectivity index (χ0v) is 11.1. The highest BCUT2D eigenvalue weighted by atomic mass is 32.1. The Morgan fingerprint density at radius 2 is 2.11 bits per heavy atom. The van der Waals surface area contributed by atoms with Gasteiger partial charge in [0.1, 0.15) is 0 Å². The zero-order chi connectivity index (χ0) is 12.4. The number of para-hydroxylation sites is 2. The summed E-state index contributed by atoms with van der Waals surface area (Å²) < 4.78 is 0. The highest BCUT2D eigenvalue weighted by Gasteiger charge is 2.07. The molecule has 0 fully saturated rings. The summed E-state index contributed by atoms with van der Waals surface area (Å²) in [6, 6.07) is 12.4. The third-order valence-corrected chi connectivity index (χ3v) is 3.95. The van der Waals surface area contributed by atoms with Gasteiger partial charge < -0.3 is 9.88 Å². The molecule has 18 heavy (non-hydrogen) atoms. The van der Waals surface area contributed by atoms with E-state index >= 15 is 0 Å². The van der Waals surface area contributed by atoms with Crippen LogP contribution in [0.4, 0.5) is 5.95 Å². The van der Waals surface area contributed by atoms with Crippen molar-refractivity contribution in [3.63, 3.8) is 0 Å². The van der Waals surface area contributed by atoms with Crippen LogP contribution in [0.15, 0.2) is 41.8 Å². The number of nitrogens with one attached hydrogen (secondary N) is 1. The standard InChI is InChI=1S/C14H15N3S/c1-17(9-8-11-5-4-10-18-11)14-15-12-6-2-3-7-13(12)16-14/h2-7,10H,8-9H2,1H3,(H,15,16). The first kappa shape index (κ1) is 11.3. The van der Waals surface area contributed by atoms with Crippen molar-refractivity contribution in [1.29, 1.82) is 0 Å². The number of rotatable bonds is 4. The molecule has 2 heterocycles. The highest BCUT2D eigenvalue weighted by molar-refractivity contribution is 7.09. The molecule has 0 bridgehead atoms.